The Hall–Kier alpha value is -0.530. The van der Waals surface area contributed by atoms with Crippen molar-refractivity contribution in [3.8, 4) is 0 Å². The third kappa shape index (κ3) is 7.31. The first kappa shape index (κ1) is 19.5. The first-order chi connectivity index (χ1) is 9.17. The number of halogens is 1. The molecule has 0 bridgehead atoms. The van der Waals surface area contributed by atoms with E-state index in [4.69, 9.17) is 5.73 Å². The highest BCUT2D eigenvalue weighted by atomic mass is 127. The van der Waals surface area contributed by atoms with Crippen LogP contribution in [-0.2, 0) is 4.79 Å². The highest BCUT2D eigenvalue weighted by Gasteiger charge is 2.13. The van der Waals surface area contributed by atoms with Crippen molar-refractivity contribution in [3.63, 3.8) is 0 Å². The van der Waals surface area contributed by atoms with Gasteiger partial charge in [-0.15, -0.1) is 24.0 Å². The van der Waals surface area contributed by atoms with E-state index in [1.807, 2.05) is 18.7 Å². The zero-order chi connectivity index (χ0) is 14.1. The minimum Gasteiger partial charge on any atom is -0.370 e. The lowest BCUT2D eigenvalue weighted by molar-refractivity contribution is -0.130. The van der Waals surface area contributed by atoms with E-state index >= 15 is 0 Å². The summed E-state index contributed by atoms with van der Waals surface area (Å²) in [6, 6.07) is 0.469. The van der Waals surface area contributed by atoms with Crippen molar-refractivity contribution in [1.82, 2.24) is 10.2 Å². The molecule has 0 heterocycles. The van der Waals surface area contributed by atoms with Crippen molar-refractivity contribution >= 4 is 35.8 Å². The Labute approximate surface area is 139 Å². The number of hydrogen-bond acceptors (Lipinski definition) is 2. The summed E-state index contributed by atoms with van der Waals surface area (Å²) in [5.41, 5.74) is 5.85. The molecule has 118 valence electrons. The first-order valence-corrected chi connectivity index (χ1v) is 7.51. The van der Waals surface area contributed by atoms with Crippen LogP contribution in [-0.4, -0.2) is 42.4 Å². The second kappa shape index (κ2) is 11.2. The van der Waals surface area contributed by atoms with E-state index in [0.717, 1.165) is 13.1 Å². The molecule has 1 aliphatic carbocycles. The average molecular weight is 396 g/mol. The zero-order valence-electron chi connectivity index (χ0n) is 12.7. The van der Waals surface area contributed by atoms with E-state index < -0.39 is 0 Å². The fourth-order valence-electron chi connectivity index (χ4n) is 2.51. The minimum atomic E-state index is 0. The lowest BCUT2D eigenvalue weighted by Crippen LogP contribution is -2.41. The SMILES string of the molecule is CCN(CC)C(=O)CCN=C(N)NC1CCCCC1.I. The van der Waals surface area contributed by atoms with E-state index in [9.17, 15) is 4.79 Å². The molecule has 0 saturated heterocycles. The molecular weight excluding hydrogens is 367 g/mol. The van der Waals surface area contributed by atoms with Gasteiger partial charge >= 0.3 is 0 Å². The molecule has 1 fully saturated rings. The van der Waals surface area contributed by atoms with E-state index in [1.54, 1.807) is 0 Å². The van der Waals surface area contributed by atoms with Gasteiger partial charge in [-0.1, -0.05) is 19.3 Å². The summed E-state index contributed by atoms with van der Waals surface area (Å²) in [5, 5.41) is 3.25. The van der Waals surface area contributed by atoms with Crippen molar-refractivity contribution < 1.29 is 4.79 Å². The van der Waals surface area contributed by atoms with Gasteiger partial charge in [0.1, 0.15) is 0 Å². The molecular formula is C14H29IN4O. The van der Waals surface area contributed by atoms with E-state index in [2.05, 4.69) is 10.3 Å². The van der Waals surface area contributed by atoms with Crippen LogP contribution < -0.4 is 11.1 Å². The molecule has 0 radical (unpaired) electrons. The van der Waals surface area contributed by atoms with Gasteiger partial charge in [0.2, 0.25) is 5.91 Å². The number of nitrogens with two attached hydrogens (primary N) is 1. The van der Waals surface area contributed by atoms with Crippen LogP contribution in [0.5, 0.6) is 0 Å². The number of guanidine groups is 1. The fraction of sp³-hybridized carbons (Fsp3) is 0.857. The lowest BCUT2D eigenvalue weighted by atomic mass is 9.96. The highest BCUT2D eigenvalue weighted by Crippen LogP contribution is 2.16. The van der Waals surface area contributed by atoms with Crippen molar-refractivity contribution in [2.75, 3.05) is 19.6 Å². The van der Waals surface area contributed by atoms with Gasteiger partial charge in [-0.25, -0.2) is 0 Å². The largest absolute Gasteiger partial charge is 0.370 e. The van der Waals surface area contributed by atoms with Crippen molar-refractivity contribution in [3.05, 3.63) is 0 Å². The number of aliphatic imine (C=N–C) groups is 1. The Kier molecular flexibility index (Phi) is 10.9. The zero-order valence-corrected chi connectivity index (χ0v) is 15.1. The molecule has 0 unspecified atom stereocenters. The Morgan fingerprint density at radius 3 is 2.40 bits per heavy atom. The van der Waals surface area contributed by atoms with Crippen LogP contribution in [0.1, 0.15) is 52.4 Å². The first-order valence-electron chi connectivity index (χ1n) is 7.51. The number of carbonyl (C=O) groups is 1. The second-order valence-electron chi connectivity index (χ2n) is 5.06. The summed E-state index contributed by atoms with van der Waals surface area (Å²) in [6.07, 6.45) is 6.66. The fourth-order valence-corrected chi connectivity index (χ4v) is 2.51. The Balaban J connectivity index is 0.00000361. The van der Waals surface area contributed by atoms with Crippen molar-refractivity contribution in [1.29, 1.82) is 0 Å². The number of nitrogens with one attached hydrogen (secondary N) is 1. The van der Waals surface area contributed by atoms with E-state index in [-0.39, 0.29) is 29.9 Å². The number of amides is 1. The van der Waals surface area contributed by atoms with Crippen LogP contribution in [0.15, 0.2) is 4.99 Å². The number of carbonyl (C=O) groups excluding carboxylic acids is 1. The monoisotopic (exact) mass is 396 g/mol. The molecule has 0 aromatic carbocycles. The Morgan fingerprint density at radius 1 is 1.25 bits per heavy atom. The topological polar surface area (TPSA) is 70.7 Å². The minimum absolute atomic E-state index is 0. The van der Waals surface area contributed by atoms with Gasteiger partial charge in [0.05, 0.1) is 6.54 Å². The molecule has 20 heavy (non-hydrogen) atoms. The maximum Gasteiger partial charge on any atom is 0.224 e. The lowest BCUT2D eigenvalue weighted by Gasteiger charge is -2.23. The summed E-state index contributed by atoms with van der Waals surface area (Å²) < 4.78 is 0. The molecule has 0 spiro atoms. The molecule has 3 N–H and O–H groups in total. The summed E-state index contributed by atoms with van der Waals surface area (Å²) >= 11 is 0. The third-order valence-corrected chi connectivity index (χ3v) is 3.68. The Morgan fingerprint density at radius 2 is 1.85 bits per heavy atom. The van der Waals surface area contributed by atoms with Crippen LogP contribution in [0.2, 0.25) is 0 Å². The molecule has 5 nitrogen and oxygen atoms in total. The predicted molar refractivity (Wildman–Crippen MR) is 94.5 cm³/mol. The summed E-state index contributed by atoms with van der Waals surface area (Å²) in [4.78, 5) is 17.8. The van der Waals surface area contributed by atoms with Crippen molar-refractivity contribution in [2.45, 2.75) is 58.4 Å². The molecule has 0 aromatic heterocycles. The molecule has 0 aromatic rings. The molecule has 1 aliphatic rings. The van der Waals surface area contributed by atoms with Crippen LogP contribution in [0.4, 0.5) is 0 Å². The average Bonchev–Trinajstić information content (AvgIpc) is 2.41. The maximum atomic E-state index is 11.8. The maximum absolute atomic E-state index is 11.8. The van der Waals surface area contributed by atoms with Gasteiger partial charge in [0.15, 0.2) is 5.96 Å². The predicted octanol–water partition coefficient (Wildman–Crippen LogP) is 2.10. The third-order valence-electron chi connectivity index (χ3n) is 3.68. The van der Waals surface area contributed by atoms with Gasteiger partial charge in [0.25, 0.3) is 0 Å². The van der Waals surface area contributed by atoms with Crippen LogP contribution in [0.25, 0.3) is 0 Å². The normalized spacial score (nSPS) is 16.4. The van der Waals surface area contributed by atoms with Gasteiger partial charge in [0, 0.05) is 25.6 Å². The van der Waals surface area contributed by atoms with Crippen LogP contribution >= 0.6 is 24.0 Å². The van der Waals surface area contributed by atoms with Crippen LogP contribution in [0.3, 0.4) is 0 Å². The van der Waals surface area contributed by atoms with E-state index in [0.29, 0.717) is 25.0 Å². The van der Waals surface area contributed by atoms with Gasteiger partial charge in [-0.05, 0) is 26.7 Å². The van der Waals surface area contributed by atoms with E-state index in [1.165, 1.54) is 32.1 Å². The molecule has 6 heteroatoms. The smallest absolute Gasteiger partial charge is 0.224 e. The summed E-state index contributed by atoms with van der Waals surface area (Å²) in [6.45, 7) is 5.97. The number of rotatable bonds is 6. The van der Waals surface area contributed by atoms with Gasteiger partial charge < -0.3 is 16.0 Å². The molecule has 1 saturated carbocycles. The second-order valence-corrected chi connectivity index (χ2v) is 5.06. The standard InChI is InChI=1S/C14H28N4O.HI/c1-3-18(4-2)13(19)10-11-16-14(15)17-12-8-6-5-7-9-12;/h12H,3-11H2,1-2H3,(H3,15,16,17);1H. The van der Waals surface area contributed by atoms with Gasteiger partial charge in [-0.2, -0.15) is 0 Å². The molecule has 1 amide bonds. The molecule has 0 aliphatic heterocycles. The summed E-state index contributed by atoms with van der Waals surface area (Å²) in [5.74, 6) is 0.637. The number of nitrogens with zero attached hydrogens (tertiary/aromatic N) is 2. The van der Waals surface area contributed by atoms with Crippen molar-refractivity contribution in [2.24, 2.45) is 10.7 Å². The van der Waals surface area contributed by atoms with Gasteiger partial charge in [-0.3, -0.25) is 9.79 Å². The van der Waals surface area contributed by atoms with Crippen LogP contribution in [0, 0.1) is 0 Å². The Bertz CT molecular complexity index is 300. The molecule has 0 atom stereocenters. The quantitative estimate of drug-likeness (QED) is 0.411. The molecule has 1 rings (SSSR count). The highest BCUT2D eigenvalue weighted by molar-refractivity contribution is 14.0. The number of hydrogen-bond donors (Lipinski definition) is 2. The summed E-state index contributed by atoms with van der Waals surface area (Å²) in [7, 11) is 0.